The normalized spacial score (nSPS) is 44.9. The molecule has 2 N–H and O–H groups in total. The van der Waals surface area contributed by atoms with Gasteiger partial charge in [0.1, 0.15) is 0 Å². The van der Waals surface area contributed by atoms with E-state index in [1.165, 1.54) is 49.7 Å². The first-order valence-corrected chi connectivity index (χ1v) is 12.2. The second-order valence-corrected chi connectivity index (χ2v) is 12.4. The van der Waals surface area contributed by atoms with Crippen molar-refractivity contribution in [3.8, 4) is 11.5 Å². The van der Waals surface area contributed by atoms with Gasteiger partial charge >= 0.3 is 0 Å². The molecule has 0 saturated heterocycles. The molecular weight excluding hydrogens is 368 g/mol. The van der Waals surface area contributed by atoms with Gasteiger partial charge < -0.3 is 10.2 Å². The first-order chi connectivity index (χ1) is 14.0. The van der Waals surface area contributed by atoms with Gasteiger partial charge in [-0.05, 0) is 103 Å². The highest BCUT2D eigenvalue weighted by molar-refractivity contribution is 5.60. The molecule has 1 aromatic rings. The summed E-state index contributed by atoms with van der Waals surface area (Å²) in [6.45, 7) is 14.6. The fourth-order valence-electron chi connectivity index (χ4n) is 8.75. The molecule has 3 saturated carbocycles. The van der Waals surface area contributed by atoms with E-state index in [4.69, 9.17) is 0 Å². The van der Waals surface area contributed by atoms with Crippen LogP contribution in [0.3, 0.4) is 0 Å². The third kappa shape index (κ3) is 2.32. The van der Waals surface area contributed by atoms with Crippen LogP contribution >= 0.6 is 0 Å². The zero-order valence-corrected chi connectivity index (χ0v) is 19.9. The number of aromatic hydroxyl groups is 2. The van der Waals surface area contributed by atoms with Crippen LogP contribution in [0.5, 0.6) is 11.5 Å². The smallest absolute Gasteiger partial charge is 0.160 e. The van der Waals surface area contributed by atoms with Crippen LogP contribution in [0.2, 0.25) is 0 Å². The van der Waals surface area contributed by atoms with Crippen molar-refractivity contribution >= 4 is 0 Å². The molecule has 6 atom stereocenters. The van der Waals surface area contributed by atoms with Crippen molar-refractivity contribution in [1.29, 1.82) is 0 Å². The molecule has 1 aromatic carbocycles. The standard InChI is InChI=1S/C28H40O2/c1-17-9-10-25(3)11-13-27(5)22-8-7-19-18(2)24(30)21(29)16-20(19)26(22,4)12-14-28(27,6)23(25)15-17/h8,16-17,23,29-30H,7,9-15H2,1-6H3/t17-,23+,25+,26-,27+,28-/m0/s1. The zero-order valence-electron chi connectivity index (χ0n) is 19.9. The third-order valence-corrected chi connectivity index (χ3v) is 11.0. The molecule has 5 rings (SSSR count). The molecule has 0 unspecified atom stereocenters. The summed E-state index contributed by atoms with van der Waals surface area (Å²) in [6.07, 6.45) is 12.6. The summed E-state index contributed by atoms with van der Waals surface area (Å²) in [5.41, 5.74) is 6.00. The Balaban J connectivity index is 1.64. The molecule has 0 bridgehead atoms. The van der Waals surface area contributed by atoms with Crippen molar-refractivity contribution in [3.05, 3.63) is 34.4 Å². The maximum Gasteiger partial charge on any atom is 0.160 e. The summed E-state index contributed by atoms with van der Waals surface area (Å²) in [4.78, 5) is 0. The van der Waals surface area contributed by atoms with Gasteiger partial charge in [-0.2, -0.15) is 0 Å². The molecule has 0 heterocycles. The minimum Gasteiger partial charge on any atom is -0.504 e. The van der Waals surface area contributed by atoms with Gasteiger partial charge in [0.15, 0.2) is 11.5 Å². The summed E-state index contributed by atoms with van der Waals surface area (Å²) in [5.74, 6) is 1.75. The number of phenolic OH excluding ortho intramolecular Hbond substituents is 2. The van der Waals surface area contributed by atoms with Gasteiger partial charge in [-0.1, -0.05) is 52.7 Å². The second kappa shape index (κ2) is 6.08. The third-order valence-electron chi connectivity index (χ3n) is 11.0. The Morgan fingerprint density at radius 3 is 2.43 bits per heavy atom. The number of fused-ring (bicyclic) bond motifs is 7. The molecule has 3 fully saturated rings. The van der Waals surface area contributed by atoms with Crippen LogP contribution in [0.1, 0.15) is 96.3 Å². The van der Waals surface area contributed by atoms with Gasteiger partial charge in [-0.25, -0.2) is 0 Å². The molecule has 0 amide bonds. The molecule has 4 aliphatic rings. The van der Waals surface area contributed by atoms with E-state index in [0.717, 1.165) is 30.2 Å². The lowest BCUT2D eigenvalue weighted by Crippen LogP contribution is -2.61. The highest BCUT2D eigenvalue weighted by Gasteiger charge is 2.65. The monoisotopic (exact) mass is 408 g/mol. The number of rotatable bonds is 0. The average molecular weight is 409 g/mol. The molecule has 4 aliphatic carbocycles. The van der Waals surface area contributed by atoms with Crippen molar-refractivity contribution < 1.29 is 10.2 Å². The highest BCUT2D eigenvalue weighted by Crippen LogP contribution is 2.73. The van der Waals surface area contributed by atoms with Gasteiger partial charge in [0.2, 0.25) is 0 Å². The van der Waals surface area contributed by atoms with E-state index in [1.807, 2.05) is 13.0 Å². The fourth-order valence-corrected chi connectivity index (χ4v) is 8.75. The first kappa shape index (κ1) is 20.5. The summed E-state index contributed by atoms with van der Waals surface area (Å²) in [5, 5.41) is 20.8. The molecule has 0 radical (unpaired) electrons. The van der Waals surface area contributed by atoms with Gasteiger partial charge in [-0.3, -0.25) is 0 Å². The van der Waals surface area contributed by atoms with E-state index < -0.39 is 0 Å². The number of phenols is 2. The SMILES string of the molecule is Cc1c(O)c(O)cc2c1CC=C1[C@@]2(C)CC[C@@]2(C)[C@@H]3C[C@@H](C)CC[C@]3(C)CC[C@]12C. The maximum atomic E-state index is 10.5. The van der Waals surface area contributed by atoms with Gasteiger partial charge in [-0.15, -0.1) is 0 Å². The largest absolute Gasteiger partial charge is 0.504 e. The molecule has 2 nitrogen and oxygen atoms in total. The number of benzene rings is 1. The molecular formula is C28H40O2. The summed E-state index contributed by atoms with van der Waals surface area (Å²) >= 11 is 0. The van der Waals surface area contributed by atoms with Crippen LogP contribution in [0.4, 0.5) is 0 Å². The quantitative estimate of drug-likeness (QED) is 0.352. The molecule has 0 aliphatic heterocycles. The Bertz CT molecular complexity index is 944. The van der Waals surface area contributed by atoms with Gasteiger partial charge in [0, 0.05) is 5.41 Å². The minimum atomic E-state index is -0.0359. The lowest BCUT2D eigenvalue weighted by molar-refractivity contribution is -0.145. The van der Waals surface area contributed by atoms with E-state index >= 15 is 0 Å². The van der Waals surface area contributed by atoms with Crippen LogP contribution in [0.15, 0.2) is 17.7 Å². The van der Waals surface area contributed by atoms with Crippen molar-refractivity contribution in [3.63, 3.8) is 0 Å². The van der Waals surface area contributed by atoms with Crippen molar-refractivity contribution in [2.45, 2.75) is 98.3 Å². The summed E-state index contributed by atoms with van der Waals surface area (Å²) < 4.78 is 0. The van der Waals surface area contributed by atoms with E-state index in [0.29, 0.717) is 10.8 Å². The lowest BCUT2D eigenvalue weighted by atomic mass is 9.35. The molecule has 164 valence electrons. The van der Waals surface area contributed by atoms with Crippen LogP contribution in [0, 0.1) is 35.0 Å². The van der Waals surface area contributed by atoms with Crippen LogP contribution < -0.4 is 0 Å². The Morgan fingerprint density at radius 1 is 0.967 bits per heavy atom. The van der Waals surface area contributed by atoms with Crippen LogP contribution in [-0.2, 0) is 11.8 Å². The molecule has 30 heavy (non-hydrogen) atoms. The molecule has 2 heteroatoms. The summed E-state index contributed by atoms with van der Waals surface area (Å²) in [6, 6.07) is 1.88. The Morgan fingerprint density at radius 2 is 1.70 bits per heavy atom. The highest BCUT2D eigenvalue weighted by atomic mass is 16.3. The topological polar surface area (TPSA) is 40.5 Å². The Labute approximate surface area is 182 Å². The predicted molar refractivity (Wildman–Crippen MR) is 123 cm³/mol. The van der Waals surface area contributed by atoms with Crippen molar-refractivity contribution in [2.75, 3.05) is 0 Å². The first-order valence-electron chi connectivity index (χ1n) is 12.2. The Kier molecular flexibility index (Phi) is 4.15. The van der Waals surface area contributed by atoms with Crippen LogP contribution in [-0.4, -0.2) is 10.2 Å². The second-order valence-electron chi connectivity index (χ2n) is 12.4. The number of hydrogen-bond donors (Lipinski definition) is 2. The summed E-state index contributed by atoms with van der Waals surface area (Å²) in [7, 11) is 0. The van der Waals surface area contributed by atoms with E-state index in [2.05, 4.69) is 40.7 Å². The van der Waals surface area contributed by atoms with E-state index in [1.54, 1.807) is 5.57 Å². The number of allylic oxidation sites excluding steroid dienone is 2. The zero-order chi connectivity index (χ0) is 21.7. The molecule has 0 aromatic heterocycles. The van der Waals surface area contributed by atoms with Crippen LogP contribution in [0.25, 0.3) is 0 Å². The lowest BCUT2D eigenvalue weighted by Gasteiger charge is -2.69. The van der Waals surface area contributed by atoms with E-state index in [9.17, 15) is 10.2 Å². The molecule has 0 spiro atoms. The predicted octanol–water partition coefficient (Wildman–Crippen LogP) is 7.19. The average Bonchev–Trinajstić information content (AvgIpc) is 2.70. The maximum absolute atomic E-state index is 10.5. The number of hydrogen-bond acceptors (Lipinski definition) is 2. The fraction of sp³-hybridized carbons (Fsp3) is 0.714. The van der Waals surface area contributed by atoms with E-state index in [-0.39, 0.29) is 22.3 Å². The van der Waals surface area contributed by atoms with Crippen molar-refractivity contribution in [1.82, 2.24) is 0 Å². The Hall–Kier alpha value is -1.44. The van der Waals surface area contributed by atoms with Gasteiger partial charge in [0.05, 0.1) is 0 Å². The van der Waals surface area contributed by atoms with Crippen molar-refractivity contribution in [2.24, 2.45) is 28.1 Å². The van der Waals surface area contributed by atoms with Gasteiger partial charge in [0.25, 0.3) is 0 Å². The minimum absolute atomic E-state index is 0.0359.